The summed E-state index contributed by atoms with van der Waals surface area (Å²) in [6, 6.07) is 4.36. The minimum absolute atomic E-state index is 0.0872. The molecule has 2 heterocycles. The SMILES string of the molecule is COc1cc(/C(=C/C=N)NC2CCOCC2)cc2c1NC(=O)C21CCC1. The van der Waals surface area contributed by atoms with E-state index in [-0.39, 0.29) is 5.91 Å². The molecule has 1 amide bonds. The number of carbonyl (C=O) groups excluding carboxylic acids is 1. The number of anilines is 1. The average Bonchev–Trinajstić information content (AvgIpc) is 2.93. The molecule has 3 N–H and O–H groups in total. The maximum Gasteiger partial charge on any atom is 0.235 e. The van der Waals surface area contributed by atoms with E-state index < -0.39 is 5.41 Å². The Morgan fingerprint density at radius 2 is 2.15 bits per heavy atom. The van der Waals surface area contributed by atoms with Crippen molar-refractivity contribution in [3.8, 4) is 5.75 Å². The van der Waals surface area contributed by atoms with E-state index in [4.69, 9.17) is 14.9 Å². The number of carbonyl (C=O) groups is 1. The highest BCUT2D eigenvalue weighted by Crippen LogP contribution is 2.54. The predicted octanol–water partition coefficient (Wildman–Crippen LogP) is 2.83. The number of rotatable bonds is 5. The standard InChI is InChI=1S/C20H25N3O3/c1-25-17-12-13(16(3-8-21)22-14-4-9-26-10-5-14)11-15-18(17)23-19(24)20(15)6-2-7-20/h3,8,11-12,14,21-22H,2,4-7,9-10H2,1H3,(H,23,24)/b16-3-,21-8?. The molecule has 138 valence electrons. The molecule has 6 heteroatoms. The van der Waals surface area contributed by atoms with Gasteiger partial charge in [0.15, 0.2) is 0 Å². The highest BCUT2D eigenvalue weighted by molar-refractivity contribution is 6.08. The van der Waals surface area contributed by atoms with E-state index in [1.807, 2.05) is 6.07 Å². The van der Waals surface area contributed by atoms with Crippen LogP contribution in [0.1, 0.15) is 43.2 Å². The number of hydrogen-bond donors (Lipinski definition) is 3. The van der Waals surface area contributed by atoms with E-state index in [9.17, 15) is 4.79 Å². The van der Waals surface area contributed by atoms with Gasteiger partial charge < -0.3 is 25.5 Å². The van der Waals surface area contributed by atoms with Crippen molar-refractivity contribution in [2.45, 2.75) is 43.6 Å². The number of amides is 1. The molecule has 0 unspecified atom stereocenters. The maximum atomic E-state index is 12.6. The van der Waals surface area contributed by atoms with Crippen LogP contribution in [0.5, 0.6) is 5.75 Å². The normalized spacial score (nSPS) is 21.7. The first-order chi connectivity index (χ1) is 12.7. The number of hydrogen-bond acceptors (Lipinski definition) is 5. The summed E-state index contributed by atoms with van der Waals surface area (Å²) in [6.45, 7) is 1.51. The number of benzene rings is 1. The summed E-state index contributed by atoms with van der Waals surface area (Å²) in [6.07, 6.45) is 7.80. The number of methoxy groups -OCH3 is 1. The van der Waals surface area contributed by atoms with Gasteiger partial charge in [0.25, 0.3) is 0 Å². The number of fused-ring (bicyclic) bond motifs is 2. The van der Waals surface area contributed by atoms with Gasteiger partial charge in [0.1, 0.15) is 5.75 Å². The lowest BCUT2D eigenvalue weighted by Gasteiger charge is -2.36. The van der Waals surface area contributed by atoms with Gasteiger partial charge in [-0.1, -0.05) is 6.42 Å². The Kier molecular flexibility index (Phi) is 4.44. The van der Waals surface area contributed by atoms with Gasteiger partial charge in [0.2, 0.25) is 5.91 Å². The molecule has 0 aromatic heterocycles. The molecule has 0 bridgehead atoms. The van der Waals surface area contributed by atoms with Gasteiger partial charge in [-0.25, -0.2) is 0 Å². The van der Waals surface area contributed by atoms with Crippen molar-refractivity contribution in [1.82, 2.24) is 5.32 Å². The molecule has 0 atom stereocenters. The van der Waals surface area contributed by atoms with Crippen molar-refractivity contribution >= 4 is 23.5 Å². The van der Waals surface area contributed by atoms with Gasteiger partial charge in [0, 0.05) is 36.7 Å². The van der Waals surface area contributed by atoms with Crippen LogP contribution < -0.4 is 15.4 Å². The minimum Gasteiger partial charge on any atom is -0.495 e. The molecule has 6 nitrogen and oxygen atoms in total. The first-order valence-electron chi connectivity index (χ1n) is 9.27. The summed E-state index contributed by atoms with van der Waals surface area (Å²) in [5, 5.41) is 14.1. The van der Waals surface area contributed by atoms with Crippen LogP contribution in [-0.2, 0) is 14.9 Å². The fraction of sp³-hybridized carbons (Fsp3) is 0.500. The fourth-order valence-electron chi connectivity index (χ4n) is 4.19. The third kappa shape index (κ3) is 2.69. The summed E-state index contributed by atoms with van der Waals surface area (Å²) < 4.78 is 11.0. The van der Waals surface area contributed by atoms with Crippen molar-refractivity contribution in [3.63, 3.8) is 0 Å². The Hall–Kier alpha value is -2.34. The molecule has 2 aliphatic heterocycles. The smallest absolute Gasteiger partial charge is 0.235 e. The molecule has 1 aromatic carbocycles. The summed E-state index contributed by atoms with van der Waals surface area (Å²) in [5.41, 5.74) is 3.29. The molecule has 0 radical (unpaired) electrons. The Balaban J connectivity index is 1.72. The fourth-order valence-corrected chi connectivity index (χ4v) is 4.19. The first kappa shape index (κ1) is 17.1. The molecule has 1 aromatic rings. The first-order valence-corrected chi connectivity index (χ1v) is 9.27. The van der Waals surface area contributed by atoms with Crippen LogP contribution in [0.2, 0.25) is 0 Å². The molecule has 3 aliphatic rings. The second-order valence-corrected chi connectivity index (χ2v) is 7.27. The van der Waals surface area contributed by atoms with Crippen molar-refractivity contribution < 1.29 is 14.3 Å². The van der Waals surface area contributed by atoms with Gasteiger partial charge in [-0.15, -0.1) is 0 Å². The van der Waals surface area contributed by atoms with Crippen molar-refractivity contribution in [2.24, 2.45) is 0 Å². The predicted molar refractivity (Wildman–Crippen MR) is 101 cm³/mol. The van der Waals surface area contributed by atoms with Crippen molar-refractivity contribution in [2.75, 3.05) is 25.6 Å². The van der Waals surface area contributed by atoms with Gasteiger partial charge >= 0.3 is 0 Å². The van der Waals surface area contributed by atoms with E-state index in [0.29, 0.717) is 11.8 Å². The third-order valence-electron chi connectivity index (χ3n) is 5.86. The van der Waals surface area contributed by atoms with Crippen LogP contribution in [0.25, 0.3) is 5.70 Å². The molecule has 1 saturated carbocycles. The Morgan fingerprint density at radius 1 is 1.38 bits per heavy atom. The second kappa shape index (κ2) is 6.76. The van der Waals surface area contributed by atoms with E-state index in [1.165, 1.54) is 6.21 Å². The van der Waals surface area contributed by atoms with Crippen molar-refractivity contribution in [3.05, 3.63) is 29.3 Å². The third-order valence-corrected chi connectivity index (χ3v) is 5.86. The Labute approximate surface area is 153 Å². The topological polar surface area (TPSA) is 83.4 Å². The summed E-state index contributed by atoms with van der Waals surface area (Å²) in [4.78, 5) is 12.6. The van der Waals surface area contributed by atoms with Crippen LogP contribution in [0, 0.1) is 5.41 Å². The highest BCUT2D eigenvalue weighted by Gasteiger charge is 2.52. The lowest BCUT2D eigenvalue weighted by atomic mass is 9.65. The summed E-state index contributed by atoms with van der Waals surface area (Å²) in [7, 11) is 1.63. The molecule has 2 fully saturated rings. The maximum absolute atomic E-state index is 12.6. The molecule has 1 aliphatic carbocycles. The van der Waals surface area contributed by atoms with Gasteiger partial charge in [-0.05, 0) is 49.5 Å². The average molecular weight is 355 g/mol. The van der Waals surface area contributed by atoms with Gasteiger partial charge in [-0.2, -0.15) is 0 Å². The molecular weight excluding hydrogens is 330 g/mol. The van der Waals surface area contributed by atoms with Crippen LogP contribution >= 0.6 is 0 Å². The van der Waals surface area contributed by atoms with Crippen LogP contribution in [0.3, 0.4) is 0 Å². The van der Waals surface area contributed by atoms with E-state index in [1.54, 1.807) is 13.2 Å². The quantitative estimate of drug-likeness (QED) is 0.709. The van der Waals surface area contributed by atoms with Crippen LogP contribution in [-0.4, -0.2) is 38.5 Å². The number of nitrogens with one attached hydrogen (secondary N) is 3. The van der Waals surface area contributed by atoms with Gasteiger partial charge in [0.05, 0.1) is 18.2 Å². The number of ether oxygens (including phenoxy) is 2. The Bertz CT molecular complexity index is 762. The van der Waals surface area contributed by atoms with Gasteiger partial charge in [-0.3, -0.25) is 4.79 Å². The van der Waals surface area contributed by atoms with E-state index >= 15 is 0 Å². The molecule has 1 spiro atoms. The molecule has 26 heavy (non-hydrogen) atoms. The zero-order valence-electron chi connectivity index (χ0n) is 15.1. The monoisotopic (exact) mass is 355 g/mol. The van der Waals surface area contributed by atoms with Crippen LogP contribution in [0.15, 0.2) is 18.2 Å². The molecular formula is C20H25N3O3. The lowest BCUT2D eigenvalue weighted by Crippen LogP contribution is -2.40. The van der Waals surface area contributed by atoms with E-state index in [2.05, 4.69) is 16.7 Å². The van der Waals surface area contributed by atoms with Crippen LogP contribution in [0.4, 0.5) is 5.69 Å². The van der Waals surface area contributed by atoms with E-state index in [0.717, 1.165) is 67.8 Å². The lowest BCUT2D eigenvalue weighted by molar-refractivity contribution is -0.123. The minimum atomic E-state index is -0.396. The molecule has 1 saturated heterocycles. The highest BCUT2D eigenvalue weighted by atomic mass is 16.5. The second-order valence-electron chi connectivity index (χ2n) is 7.27. The largest absolute Gasteiger partial charge is 0.495 e. The zero-order chi connectivity index (χ0) is 18.1. The summed E-state index contributed by atoms with van der Waals surface area (Å²) in [5.74, 6) is 0.767. The zero-order valence-corrected chi connectivity index (χ0v) is 15.1. The summed E-state index contributed by atoms with van der Waals surface area (Å²) >= 11 is 0. The number of allylic oxidation sites excluding steroid dienone is 1. The molecule has 4 rings (SSSR count). The van der Waals surface area contributed by atoms with Crippen molar-refractivity contribution in [1.29, 1.82) is 5.41 Å². The Morgan fingerprint density at radius 3 is 2.77 bits per heavy atom.